The van der Waals surface area contributed by atoms with Crippen molar-refractivity contribution in [1.82, 2.24) is 0 Å². The summed E-state index contributed by atoms with van der Waals surface area (Å²) in [6.45, 7) is 3.53. The van der Waals surface area contributed by atoms with Gasteiger partial charge in [-0.1, -0.05) is 23.7 Å². The Bertz CT molecular complexity index is 406. The first-order valence-electron chi connectivity index (χ1n) is 4.75. The average Bonchev–Trinajstić information content (AvgIpc) is 2.19. The maximum absolute atomic E-state index is 12.0. The number of hydrogen-bond acceptors (Lipinski definition) is 2. The molecule has 1 atom stereocenters. The quantitative estimate of drug-likeness (QED) is 0.840. The molecule has 94 valence electrons. The Hall–Kier alpha value is -1.20. The fourth-order valence-corrected chi connectivity index (χ4v) is 1.50. The van der Waals surface area contributed by atoms with E-state index in [9.17, 15) is 13.2 Å². The van der Waals surface area contributed by atoms with Gasteiger partial charge in [0.15, 0.2) is 0 Å². The normalized spacial score (nSPS) is 13.2. The van der Waals surface area contributed by atoms with Crippen LogP contribution >= 0.6 is 11.6 Å². The van der Waals surface area contributed by atoms with Crippen LogP contribution in [0.3, 0.4) is 0 Å². The van der Waals surface area contributed by atoms with Crippen molar-refractivity contribution in [2.45, 2.75) is 18.8 Å². The number of halogens is 4. The zero-order valence-corrected chi connectivity index (χ0v) is 9.55. The highest BCUT2D eigenvalue weighted by Crippen LogP contribution is 2.32. The summed E-state index contributed by atoms with van der Waals surface area (Å²) in [6.07, 6.45) is -2.62. The molecule has 0 aliphatic heterocycles. The Morgan fingerprint density at radius 1 is 1.47 bits per heavy atom. The monoisotopic (exact) mass is 265 g/mol. The van der Waals surface area contributed by atoms with E-state index in [0.29, 0.717) is 12.0 Å². The molecule has 0 fully saturated rings. The first-order chi connectivity index (χ1) is 7.83. The van der Waals surface area contributed by atoms with Gasteiger partial charge in [-0.2, -0.15) is 0 Å². The summed E-state index contributed by atoms with van der Waals surface area (Å²) < 4.78 is 39.7. The highest BCUT2D eigenvalue weighted by atomic mass is 35.5. The second-order valence-corrected chi connectivity index (χ2v) is 3.78. The summed E-state index contributed by atoms with van der Waals surface area (Å²) in [5, 5.41) is -0.126. The molecule has 1 aromatic carbocycles. The number of benzene rings is 1. The minimum atomic E-state index is -4.76. The predicted octanol–water partition coefficient (Wildman–Crippen LogP) is 3.81. The highest BCUT2D eigenvalue weighted by Gasteiger charge is 2.32. The molecular weight excluding hydrogens is 255 g/mol. The molecule has 17 heavy (non-hydrogen) atoms. The number of alkyl halides is 3. The van der Waals surface area contributed by atoms with Gasteiger partial charge in [0.25, 0.3) is 0 Å². The molecule has 0 amide bonds. The van der Waals surface area contributed by atoms with E-state index in [0.717, 1.165) is 6.07 Å². The zero-order chi connectivity index (χ0) is 13.1. The molecule has 0 heterocycles. The molecule has 0 radical (unpaired) electrons. The van der Waals surface area contributed by atoms with Gasteiger partial charge in [0.05, 0.1) is 5.02 Å². The number of hydrogen-bond donors (Lipinski definition) is 1. The van der Waals surface area contributed by atoms with E-state index in [2.05, 4.69) is 11.3 Å². The Morgan fingerprint density at radius 2 is 2.12 bits per heavy atom. The topological polar surface area (TPSA) is 35.2 Å². The third-order valence-electron chi connectivity index (χ3n) is 2.03. The van der Waals surface area contributed by atoms with Crippen molar-refractivity contribution in [3.05, 3.63) is 41.4 Å². The van der Waals surface area contributed by atoms with E-state index in [-0.39, 0.29) is 11.1 Å². The molecule has 2 nitrogen and oxygen atoms in total. The maximum Gasteiger partial charge on any atom is 0.573 e. The Morgan fingerprint density at radius 3 is 2.59 bits per heavy atom. The van der Waals surface area contributed by atoms with E-state index >= 15 is 0 Å². The Labute approximate surface area is 102 Å². The molecule has 6 heteroatoms. The number of ether oxygens (including phenoxy) is 1. The molecule has 0 unspecified atom stereocenters. The van der Waals surface area contributed by atoms with Gasteiger partial charge in [0.1, 0.15) is 5.75 Å². The van der Waals surface area contributed by atoms with Crippen molar-refractivity contribution in [1.29, 1.82) is 0 Å². The molecule has 0 bridgehead atoms. The standard InChI is InChI=1S/C11H11ClF3NO/c1-2-3-9(16)7-4-5-10(8(12)6-7)17-11(13,14)15/h2,4-6,9H,1,3,16H2/t9-/m1/s1. The van der Waals surface area contributed by atoms with Crippen LogP contribution in [0.4, 0.5) is 13.2 Å². The zero-order valence-electron chi connectivity index (χ0n) is 8.80. The summed E-state index contributed by atoms with van der Waals surface area (Å²) in [5.74, 6) is -0.436. The van der Waals surface area contributed by atoms with Gasteiger partial charge in [0, 0.05) is 6.04 Å². The minimum absolute atomic E-state index is 0.126. The van der Waals surface area contributed by atoms with Gasteiger partial charge >= 0.3 is 6.36 Å². The van der Waals surface area contributed by atoms with Gasteiger partial charge < -0.3 is 10.5 Å². The number of rotatable bonds is 4. The van der Waals surface area contributed by atoms with Crippen LogP contribution in [-0.2, 0) is 0 Å². The van der Waals surface area contributed by atoms with Crippen LogP contribution in [-0.4, -0.2) is 6.36 Å². The van der Waals surface area contributed by atoms with E-state index in [1.54, 1.807) is 6.08 Å². The summed E-state index contributed by atoms with van der Waals surface area (Å²) in [4.78, 5) is 0. The molecule has 0 aliphatic carbocycles. The van der Waals surface area contributed by atoms with Crippen LogP contribution in [0.1, 0.15) is 18.0 Å². The SMILES string of the molecule is C=CC[C@@H](N)c1ccc(OC(F)(F)F)c(Cl)c1. The van der Waals surface area contributed by atoms with Crippen LogP contribution in [0.15, 0.2) is 30.9 Å². The van der Waals surface area contributed by atoms with Crippen LogP contribution < -0.4 is 10.5 Å². The maximum atomic E-state index is 12.0. The molecule has 0 spiro atoms. The molecule has 0 aromatic heterocycles. The van der Waals surface area contributed by atoms with Crippen molar-refractivity contribution in [3.8, 4) is 5.75 Å². The van der Waals surface area contributed by atoms with Crippen molar-refractivity contribution in [2.24, 2.45) is 5.73 Å². The highest BCUT2D eigenvalue weighted by molar-refractivity contribution is 6.32. The molecular formula is C11H11ClF3NO. The molecule has 0 saturated heterocycles. The first kappa shape index (κ1) is 13.9. The van der Waals surface area contributed by atoms with E-state index in [4.69, 9.17) is 17.3 Å². The van der Waals surface area contributed by atoms with E-state index in [1.165, 1.54) is 12.1 Å². The third-order valence-corrected chi connectivity index (χ3v) is 2.33. The average molecular weight is 266 g/mol. The molecule has 0 aliphatic rings. The smallest absolute Gasteiger partial charge is 0.404 e. The lowest BCUT2D eigenvalue weighted by Crippen LogP contribution is -2.17. The van der Waals surface area contributed by atoms with E-state index in [1.807, 2.05) is 0 Å². The molecule has 1 rings (SSSR count). The van der Waals surface area contributed by atoms with Crippen LogP contribution in [0.25, 0.3) is 0 Å². The summed E-state index contributed by atoms with van der Waals surface area (Å²) in [6, 6.07) is 3.61. The Kier molecular flexibility index (Phi) is 4.42. The third kappa shape index (κ3) is 4.28. The van der Waals surface area contributed by atoms with Crippen molar-refractivity contribution >= 4 is 11.6 Å². The summed E-state index contributed by atoms with van der Waals surface area (Å²) in [7, 11) is 0. The minimum Gasteiger partial charge on any atom is -0.404 e. The van der Waals surface area contributed by atoms with Gasteiger partial charge in [-0.05, 0) is 24.1 Å². The lowest BCUT2D eigenvalue weighted by atomic mass is 10.0. The van der Waals surface area contributed by atoms with Gasteiger partial charge in [-0.3, -0.25) is 0 Å². The molecule has 2 N–H and O–H groups in total. The second kappa shape index (κ2) is 5.42. The van der Waals surface area contributed by atoms with E-state index < -0.39 is 12.1 Å². The van der Waals surface area contributed by atoms with Crippen molar-refractivity contribution in [3.63, 3.8) is 0 Å². The van der Waals surface area contributed by atoms with Gasteiger partial charge in [-0.25, -0.2) is 0 Å². The molecule has 0 saturated carbocycles. The summed E-state index contributed by atoms with van der Waals surface area (Å²) in [5.41, 5.74) is 6.39. The first-order valence-corrected chi connectivity index (χ1v) is 5.13. The Balaban J connectivity index is 2.90. The predicted molar refractivity (Wildman–Crippen MR) is 59.9 cm³/mol. The van der Waals surface area contributed by atoms with Crippen LogP contribution in [0.5, 0.6) is 5.75 Å². The van der Waals surface area contributed by atoms with Crippen LogP contribution in [0, 0.1) is 0 Å². The van der Waals surface area contributed by atoms with Crippen molar-refractivity contribution in [2.75, 3.05) is 0 Å². The largest absolute Gasteiger partial charge is 0.573 e. The lowest BCUT2D eigenvalue weighted by Gasteiger charge is -2.13. The summed E-state index contributed by atoms with van der Waals surface area (Å²) >= 11 is 5.67. The molecule has 1 aromatic rings. The van der Waals surface area contributed by atoms with Gasteiger partial charge in [-0.15, -0.1) is 19.8 Å². The lowest BCUT2D eigenvalue weighted by molar-refractivity contribution is -0.274. The van der Waals surface area contributed by atoms with Gasteiger partial charge in [0.2, 0.25) is 0 Å². The fourth-order valence-electron chi connectivity index (χ4n) is 1.27. The van der Waals surface area contributed by atoms with Crippen molar-refractivity contribution < 1.29 is 17.9 Å². The van der Waals surface area contributed by atoms with Crippen LogP contribution in [0.2, 0.25) is 5.02 Å². The second-order valence-electron chi connectivity index (χ2n) is 3.37. The fraction of sp³-hybridized carbons (Fsp3) is 0.273. The number of nitrogens with two attached hydrogens (primary N) is 1.